The van der Waals surface area contributed by atoms with Crippen LogP contribution in [0, 0.1) is 0 Å². The van der Waals surface area contributed by atoms with Crippen LogP contribution in [-0.2, 0) is 4.79 Å². The summed E-state index contributed by atoms with van der Waals surface area (Å²) in [4.78, 5) is 38.4. The Bertz CT molecular complexity index is 1240. The fourth-order valence-corrected chi connectivity index (χ4v) is 3.64. The van der Waals surface area contributed by atoms with Crippen molar-refractivity contribution in [3.8, 4) is 0 Å². The summed E-state index contributed by atoms with van der Waals surface area (Å²) in [6.07, 6.45) is 3.04. The number of halogens is 1. The van der Waals surface area contributed by atoms with E-state index in [-0.39, 0.29) is 10.1 Å². The number of anilines is 2. The molecule has 0 bridgehead atoms. The highest BCUT2D eigenvalue weighted by molar-refractivity contribution is 7.80. The van der Waals surface area contributed by atoms with Crippen LogP contribution in [0.4, 0.5) is 11.4 Å². The highest BCUT2D eigenvalue weighted by Crippen LogP contribution is 2.32. The molecule has 1 aliphatic rings. The second-order valence-electron chi connectivity index (χ2n) is 6.84. The maximum atomic E-state index is 12.6. The minimum absolute atomic E-state index is 0.0584. The summed E-state index contributed by atoms with van der Waals surface area (Å²) in [5, 5.41) is 5.67. The topological polar surface area (TPSA) is 78.5 Å². The number of nitrogens with zero attached hydrogens (tertiary/aromatic N) is 1. The van der Waals surface area contributed by atoms with Gasteiger partial charge in [0.2, 0.25) is 5.91 Å². The van der Waals surface area contributed by atoms with Crippen LogP contribution >= 0.6 is 23.8 Å². The van der Waals surface area contributed by atoms with E-state index in [4.69, 9.17) is 23.8 Å². The first-order chi connectivity index (χ1) is 15.4. The molecule has 3 aromatic rings. The molecule has 0 spiro atoms. The van der Waals surface area contributed by atoms with Crippen molar-refractivity contribution in [2.24, 2.45) is 0 Å². The summed E-state index contributed by atoms with van der Waals surface area (Å²) in [6, 6.07) is 20.7. The highest BCUT2D eigenvalue weighted by Gasteiger charge is 2.36. The van der Waals surface area contributed by atoms with Crippen LogP contribution in [0.15, 0.2) is 78.9 Å². The Morgan fingerprint density at radius 3 is 2.16 bits per heavy atom. The Balaban J connectivity index is 1.42. The van der Waals surface area contributed by atoms with E-state index in [9.17, 15) is 14.4 Å². The molecule has 0 unspecified atom stereocenters. The van der Waals surface area contributed by atoms with Gasteiger partial charge >= 0.3 is 0 Å². The van der Waals surface area contributed by atoms with Gasteiger partial charge in [-0.1, -0.05) is 54.1 Å². The van der Waals surface area contributed by atoms with Crippen LogP contribution in [0.3, 0.4) is 0 Å². The number of rotatable bonds is 4. The predicted molar refractivity (Wildman–Crippen MR) is 129 cm³/mol. The summed E-state index contributed by atoms with van der Waals surface area (Å²) in [5.74, 6) is -1.21. The zero-order valence-electron chi connectivity index (χ0n) is 16.5. The molecular formula is C24H16ClN3O3S. The van der Waals surface area contributed by atoms with E-state index >= 15 is 0 Å². The van der Waals surface area contributed by atoms with Crippen molar-refractivity contribution in [1.29, 1.82) is 0 Å². The summed E-state index contributed by atoms with van der Waals surface area (Å²) < 4.78 is 0. The van der Waals surface area contributed by atoms with Gasteiger partial charge in [0.1, 0.15) is 0 Å². The maximum Gasteiger partial charge on any atom is 0.266 e. The molecule has 8 heteroatoms. The standard InChI is InChI=1S/C24H16ClN3O3S/c25-19-14-16(28-22(30)17-8-4-5-9-18(17)23(28)31)11-12-20(19)26-24(32)27-21(29)13-10-15-6-2-1-3-7-15/h1-14H,(H2,26,27,29,32)/b13-10+. The number of thiocarbonyl (C=S) groups is 1. The van der Waals surface area contributed by atoms with E-state index in [1.165, 1.54) is 12.1 Å². The van der Waals surface area contributed by atoms with E-state index in [2.05, 4.69) is 10.6 Å². The van der Waals surface area contributed by atoms with Gasteiger partial charge in [-0.3, -0.25) is 19.7 Å². The number of benzene rings is 3. The minimum atomic E-state index is -0.407. The smallest absolute Gasteiger partial charge is 0.266 e. The van der Waals surface area contributed by atoms with Gasteiger partial charge in [-0.15, -0.1) is 0 Å². The fraction of sp³-hybridized carbons (Fsp3) is 0. The second-order valence-corrected chi connectivity index (χ2v) is 7.66. The largest absolute Gasteiger partial charge is 0.331 e. The van der Waals surface area contributed by atoms with Crippen LogP contribution in [-0.4, -0.2) is 22.8 Å². The van der Waals surface area contributed by atoms with Gasteiger partial charge in [0, 0.05) is 6.08 Å². The van der Waals surface area contributed by atoms with Crippen molar-refractivity contribution in [2.45, 2.75) is 0 Å². The average Bonchev–Trinajstić information content (AvgIpc) is 3.05. The number of carbonyl (C=O) groups excluding carboxylic acids is 3. The lowest BCUT2D eigenvalue weighted by Gasteiger charge is -2.16. The van der Waals surface area contributed by atoms with Gasteiger partial charge in [0.25, 0.3) is 11.8 Å². The van der Waals surface area contributed by atoms with Crippen molar-refractivity contribution < 1.29 is 14.4 Å². The van der Waals surface area contributed by atoms with Gasteiger partial charge in [0.05, 0.1) is 27.5 Å². The first-order valence-electron chi connectivity index (χ1n) is 9.56. The monoisotopic (exact) mass is 461 g/mol. The lowest BCUT2D eigenvalue weighted by Crippen LogP contribution is -2.33. The second kappa shape index (κ2) is 9.13. The lowest BCUT2D eigenvalue weighted by molar-refractivity contribution is -0.115. The van der Waals surface area contributed by atoms with Crippen LogP contribution in [0.25, 0.3) is 6.08 Å². The molecule has 0 aromatic heterocycles. The predicted octanol–water partition coefficient (Wildman–Crippen LogP) is 4.67. The van der Waals surface area contributed by atoms with Gasteiger partial charge in [-0.2, -0.15) is 0 Å². The van der Waals surface area contributed by atoms with Gasteiger partial charge in [0.15, 0.2) is 5.11 Å². The average molecular weight is 462 g/mol. The molecule has 3 aromatic carbocycles. The van der Waals surface area contributed by atoms with Crippen LogP contribution < -0.4 is 15.5 Å². The van der Waals surface area contributed by atoms with Crippen molar-refractivity contribution >= 4 is 64.1 Å². The number of fused-ring (bicyclic) bond motifs is 1. The lowest BCUT2D eigenvalue weighted by atomic mass is 10.1. The summed E-state index contributed by atoms with van der Waals surface area (Å²) in [7, 11) is 0. The number of imide groups is 1. The Hall–Kier alpha value is -3.81. The van der Waals surface area contributed by atoms with Crippen molar-refractivity contribution in [3.63, 3.8) is 0 Å². The quantitative estimate of drug-likeness (QED) is 0.335. The van der Waals surface area contributed by atoms with Gasteiger partial charge in [-0.05, 0) is 54.2 Å². The Morgan fingerprint density at radius 1 is 0.906 bits per heavy atom. The fourth-order valence-electron chi connectivity index (χ4n) is 3.21. The molecule has 2 N–H and O–H groups in total. The summed E-state index contributed by atoms with van der Waals surface area (Å²) in [6.45, 7) is 0. The first kappa shape index (κ1) is 21.4. The van der Waals surface area contributed by atoms with E-state index in [0.29, 0.717) is 22.5 Å². The molecule has 0 fully saturated rings. The number of hydrogen-bond donors (Lipinski definition) is 2. The minimum Gasteiger partial charge on any atom is -0.331 e. The SMILES string of the molecule is O=C(/C=C/c1ccccc1)NC(=S)Nc1ccc(N2C(=O)c3ccccc3C2=O)cc1Cl. The van der Waals surface area contributed by atoms with Crippen LogP contribution in [0.1, 0.15) is 26.3 Å². The molecule has 1 heterocycles. The Morgan fingerprint density at radius 2 is 1.53 bits per heavy atom. The summed E-state index contributed by atoms with van der Waals surface area (Å²) >= 11 is 11.5. The maximum absolute atomic E-state index is 12.6. The molecule has 3 amide bonds. The highest BCUT2D eigenvalue weighted by atomic mass is 35.5. The Kier molecular flexibility index (Phi) is 6.11. The Labute approximate surface area is 194 Å². The number of hydrogen-bond acceptors (Lipinski definition) is 4. The molecule has 32 heavy (non-hydrogen) atoms. The van der Waals surface area contributed by atoms with E-state index in [1.807, 2.05) is 30.3 Å². The molecule has 0 saturated carbocycles. The molecule has 0 aliphatic carbocycles. The first-order valence-corrected chi connectivity index (χ1v) is 10.3. The van der Waals surface area contributed by atoms with Crippen LogP contribution in [0.5, 0.6) is 0 Å². The van der Waals surface area contributed by atoms with E-state index in [1.54, 1.807) is 42.5 Å². The van der Waals surface area contributed by atoms with Crippen molar-refractivity contribution in [1.82, 2.24) is 5.32 Å². The third-order valence-corrected chi connectivity index (χ3v) is 5.23. The van der Waals surface area contributed by atoms with Gasteiger partial charge < -0.3 is 5.32 Å². The zero-order valence-corrected chi connectivity index (χ0v) is 18.1. The third kappa shape index (κ3) is 4.44. The number of nitrogens with one attached hydrogen (secondary N) is 2. The summed E-state index contributed by atoms with van der Waals surface area (Å²) in [5.41, 5.74) is 2.34. The molecule has 158 valence electrons. The number of carbonyl (C=O) groups is 3. The molecule has 6 nitrogen and oxygen atoms in total. The number of amides is 3. The van der Waals surface area contributed by atoms with E-state index in [0.717, 1.165) is 10.5 Å². The van der Waals surface area contributed by atoms with E-state index < -0.39 is 17.7 Å². The third-order valence-electron chi connectivity index (χ3n) is 4.72. The molecule has 1 aliphatic heterocycles. The molecule has 0 saturated heterocycles. The van der Waals surface area contributed by atoms with Crippen molar-refractivity contribution in [3.05, 3.63) is 101 Å². The molecular weight excluding hydrogens is 446 g/mol. The van der Waals surface area contributed by atoms with Crippen LogP contribution in [0.2, 0.25) is 5.02 Å². The molecule has 4 rings (SSSR count). The zero-order chi connectivity index (χ0) is 22.7. The normalized spacial score (nSPS) is 12.7. The molecule has 0 radical (unpaired) electrons. The van der Waals surface area contributed by atoms with Gasteiger partial charge in [-0.25, -0.2) is 4.90 Å². The van der Waals surface area contributed by atoms with Crippen molar-refractivity contribution in [2.75, 3.05) is 10.2 Å². The molecule has 0 atom stereocenters.